The second kappa shape index (κ2) is 6.12. The van der Waals surface area contributed by atoms with Gasteiger partial charge < -0.3 is 4.74 Å². The number of aryl methyl sites for hydroxylation is 3. The Hall–Kier alpha value is -1.77. The second-order valence-corrected chi connectivity index (χ2v) is 5.56. The van der Waals surface area contributed by atoms with Gasteiger partial charge in [-0.25, -0.2) is 0 Å². The fraction of sp³-hybridized carbons (Fsp3) is 0.471. The van der Waals surface area contributed by atoms with Gasteiger partial charge in [0, 0.05) is 6.54 Å². The van der Waals surface area contributed by atoms with E-state index in [1.165, 1.54) is 11.1 Å². The molecule has 0 aliphatic carbocycles. The average molecular weight is 272 g/mol. The molecule has 0 unspecified atom stereocenters. The van der Waals surface area contributed by atoms with Crippen molar-refractivity contribution in [2.45, 2.75) is 53.7 Å². The highest BCUT2D eigenvalue weighted by Crippen LogP contribution is 2.25. The molecular weight excluding hydrogens is 248 g/mol. The van der Waals surface area contributed by atoms with Crippen molar-refractivity contribution >= 4 is 0 Å². The molecule has 1 heterocycles. The van der Waals surface area contributed by atoms with Crippen LogP contribution in [0, 0.1) is 13.8 Å². The molecule has 108 valence electrons. The fourth-order valence-electron chi connectivity index (χ4n) is 2.27. The predicted molar refractivity (Wildman–Crippen MR) is 82.2 cm³/mol. The number of benzene rings is 1. The zero-order chi connectivity index (χ0) is 14.7. The van der Waals surface area contributed by atoms with E-state index < -0.39 is 0 Å². The first-order chi connectivity index (χ1) is 9.51. The lowest BCUT2D eigenvalue weighted by Gasteiger charge is -2.13. The third-order valence-electron chi connectivity index (χ3n) is 3.54. The molecule has 0 radical (unpaired) electrons. The van der Waals surface area contributed by atoms with Crippen LogP contribution in [-0.2, 0) is 13.2 Å². The van der Waals surface area contributed by atoms with Crippen molar-refractivity contribution in [1.29, 1.82) is 0 Å². The van der Waals surface area contributed by atoms with Gasteiger partial charge in [-0.05, 0) is 49.9 Å². The summed E-state index contributed by atoms with van der Waals surface area (Å²) in [4.78, 5) is 0. The third kappa shape index (κ3) is 3.21. The summed E-state index contributed by atoms with van der Waals surface area (Å²) in [6.07, 6.45) is 0. The van der Waals surface area contributed by atoms with Crippen LogP contribution in [-0.4, -0.2) is 9.78 Å². The van der Waals surface area contributed by atoms with Gasteiger partial charge in [-0.3, -0.25) is 4.68 Å². The Morgan fingerprint density at radius 1 is 1.20 bits per heavy atom. The quantitative estimate of drug-likeness (QED) is 0.814. The van der Waals surface area contributed by atoms with Gasteiger partial charge in [0.15, 0.2) is 0 Å². The van der Waals surface area contributed by atoms with Gasteiger partial charge in [-0.2, -0.15) is 5.10 Å². The maximum Gasteiger partial charge on any atom is 0.130 e. The van der Waals surface area contributed by atoms with Crippen LogP contribution in [0.1, 0.15) is 49.2 Å². The third-order valence-corrected chi connectivity index (χ3v) is 3.54. The van der Waals surface area contributed by atoms with Gasteiger partial charge >= 0.3 is 0 Å². The Morgan fingerprint density at radius 2 is 1.95 bits per heavy atom. The molecule has 0 N–H and O–H groups in total. The molecule has 1 aromatic heterocycles. The Morgan fingerprint density at radius 3 is 2.60 bits per heavy atom. The van der Waals surface area contributed by atoms with Gasteiger partial charge in [0.1, 0.15) is 12.4 Å². The van der Waals surface area contributed by atoms with E-state index in [-0.39, 0.29) is 0 Å². The predicted octanol–water partition coefficient (Wildman–Crippen LogP) is 4.22. The zero-order valence-electron chi connectivity index (χ0n) is 13.1. The minimum atomic E-state index is 0.515. The van der Waals surface area contributed by atoms with Crippen molar-refractivity contribution in [1.82, 2.24) is 9.78 Å². The van der Waals surface area contributed by atoms with Crippen LogP contribution in [0.4, 0.5) is 0 Å². The molecule has 20 heavy (non-hydrogen) atoms. The van der Waals surface area contributed by atoms with Gasteiger partial charge in [0.25, 0.3) is 0 Å². The van der Waals surface area contributed by atoms with Gasteiger partial charge in [0.2, 0.25) is 0 Å². The number of nitrogens with zero attached hydrogens (tertiary/aromatic N) is 2. The number of rotatable bonds is 5. The molecule has 0 spiro atoms. The molecule has 0 aliphatic heterocycles. The summed E-state index contributed by atoms with van der Waals surface area (Å²) in [5.41, 5.74) is 4.65. The molecule has 3 nitrogen and oxygen atoms in total. The SMILES string of the molecule is CCn1nc(C)cc1COc1cc(C(C)C)ccc1C. The summed E-state index contributed by atoms with van der Waals surface area (Å²) in [7, 11) is 0. The molecule has 0 saturated heterocycles. The van der Waals surface area contributed by atoms with Crippen molar-refractivity contribution in [2.24, 2.45) is 0 Å². The van der Waals surface area contributed by atoms with Crippen LogP contribution in [0.3, 0.4) is 0 Å². The molecule has 0 fully saturated rings. The largest absolute Gasteiger partial charge is 0.487 e. The van der Waals surface area contributed by atoms with E-state index in [1.54, 1.807) is 0 Å². The number of hydrogen-bond donors (Lipinski definition) is 0. The molecule has 0 aliphatic rings. The number of hydrogen-bond acceptors (Lipinski definition) is 2. The Bertz CT molecular complexity index is 585. The van der Waals surface area contributed by atoms with Crippen LogP contribution in [0.25, 0.3) is 0 Å². The van der Waals surface area contributed by atoms with E-state index in [9.17, 15) is 0 Å². The number of ether oxygens (including phenoxy) is 1. The molecule has 1 aromatic carbocycles. The Balaban J connectivity index is 2.15. The van der Waals surface area contributed by atoms with Gasteiger partial charge in [-0.1, -0.05) is 26.0 Å². The Kier molecular flexibility index (Phi) is 4.48. The van der Waals surface area contributed by atoms with Crippen LogP contribution in [0.2, 0.25) is 0 Å². The summed E-state index contributed by atoms with van der Waals surface area (Å²) < 4.78 is 8.01. The summed E-state index contributed by atoms with van der Waals surface area (Å²) in [5.74, 6) is 1.49. The summed E-state index contributed by atoms with van der Waals surface area (Å²) in [5, 5.41) is 4.45. The normalized spacial score (nSPS) is 11.1. The molecule has 0 saturated carbocycles. The van der Waals surface area contributed by atoms with Crippen molar-refractivity contribution in [2.75, 3.05) is 0 Å². The van der Waals surface area contributed by atoms with E-state index in [0.717, 1.165) is 23.7 Å². The lowest BCUT2D eigenvalue weighted by molar-refractivity contribution is 0.290. The summed E-state index contributed by atoms with van der Waals surface area (Å²) >= 11 is 0. The Labute approximate surface area is 121 Å². The highest BCUT2D eigenvalue weighted by molar-refractivity contribution is 5.37. The maximum atomic E-state index is 6.01. The topological polar surface area (TPSA) is 27.1 Å². The number of aromatic nitrogens is 2. The maximum absolute atomic E-state index is 6.01. The van der Waals surface area contributed by atoms with Crippen LogP contribution >= 0.6 is 0 Å². The monoisotopic (exact) mass is 272 g/mol. The van der Waals surface area contributed by atoms with Crippen molar-refractivity contribution in [3.8, 4) is 5.75 Å². The molecule has 2 rings (SSSR count). The zero-order valence-corrected chi connectivity index (χ0v) is 13.1. The molecule has 0 amide bonds. The molecule has 3 heteroatoms. The molecule has 2 aromatic rings. The highest BCUT2D eigenvalue weighted by Gasteiger charge is 2.08. The van der Waals surface area contributed by atoms with E-state index >= 15 is 0 Å². The molecule has 0 bridgehead atoms. The van der Waals surface area contributed by atoms with Crippen molar-refractivity contribution < 1.29 is 4.74 Å². The lowest BCUT2D eigenvalue weighted by atomic mass is 10.0. The standard InChI is InChI=1S/C17H24N2O/c1-6-19-16(9-14(5)18-19)11-20-17-10-15(12(2)3)8-7-13(17)4/h7-10,12H,6,11H2,1-5H3. The van der Waals surface area contributed by atoms with Crippen LogP contribution < -0.4 is 4.74 Å². The van der Waals surface area contributed by atoms with E-state index in [2.05, 4.69) is 57.1 Å². The van der Waals surface area contributed by atoms with Crippen molar-refractivity contribution in [3.63, 3.8) is 0 Å². The van der Waals surface area contributed by atoms with E-state index in [4.69, 9.17) is 4.74 Å². The summed E-state index contributed by atoms with van der Waals surface area (Å²) in [6, 6.07) is 8.55. The molecular formula is C17H24N2O. The summed E-state index contributed by atoms with van der Waals surface area (Å²) in [6.45, 7) is 12.0. The van der Waals surface area contributed by atoms with Crippen LogP contribution in [0.5, 0.6) is 5.75 Å². The first kappa shape index (κ1) is 14.6. The molecule has 0 atom stereocenters. The first-order valence-electron chi connectivity index (χ1n) is 7.28. The smallest absolute Gasteiger partial charge is 0.130 e. The second-order valence-electron chi connectivity index (χ2n) is 5.56. The van der Waals surface area contributed by atoms with Gasteiger partial charge in [0.05, 0.1) is 11.4 Å². The average Bonchev–Trinajstić information content (AvgIpc) is 2.77. The minimum absolute atomic E-state index is 0.515. The van der Waals surface area contributed by atoms with Gasteiger partial charge in [-0.15, -0.1) is 0 Å². The highest BCUT2D eigenvalue weighted by atomic mass is 16.5. The first-order valence-corrected chi connectivity index (χ1v) is 7.28. The van der Waals surface area contributed by atoms with Crippen molar-refractivity contribution in [3.05, 3.63) is 46.8 Å². The van der Waals surface area contributed by atoms with E-state index in [0.29, 0.717) is 12.5 Å². The fourth-order valence-corrected chi connectivity index (χ4v) is 2.27. The minimum Gasteiger partial charge on any atom is -0.487 e. The lowest BCUT2D eigenvalue weighted by Crippen LogP contribution is -2.06. The van der Waals surface area contributed by atoms with E-state index in [1.807, 2.05) is 11.6 Å². The van der Waals surface area contributed by atoms with Crippen LogP contribution in [0.15, 0.2) is 24.3 Å².